The van der Waals surface area contributed by atoms with Crippen LogP contribution in [0.15, 0.2) is 21.5 Å². The van der Waals surface area contributed by atoms with E-state index < -0.39 is 16.1 Å². The molecule has 0 spiro atoms. The molecule has 4 nitrogen and oxygen atoms in total. The van der Waals surface area contributed by atoms with Crippen LogP contribution in [0, 0.1) is 6.92 Å². The molecule has 96 valence electrons. The number of aliphatic hydroxyl groups is 1. The molecule has 17 heavy (non-hydrogen) atoms. The molecule has 1 rings (SSSR count). The third-order valence-electron chi connectivity index (χ3n) is 2.07. The fourth-order valence-electron chi connectivity index (χ4n) is 1.14. The summed E-state index contributed by atoms with van der Waals surface area (Å²) in [6.45, 7) is 3.22. The third-order valence-corrected chi connectivity index (χ3v) is 4.81. The molecule has 1 aromatic rings. The first-order chi connectivity index (χ1) is 7.74. The average molecular weight is 343 g/mol. The second-order valence-electron chi connectivity index (χ2n) is 3.73. The fraction of sp³-hybridized carbons (Fsp3) is 0.400. The van der Waals surface area contributed by atoms with Gasteiger partial charge in [-0.25, -0.2) is 13.1 Å². The summed E-state index contributed by atoms with van der Waals surface area (Å²) in [5.41, 5.74) is 0.770. The Morgan fingerprint density at radius 1 is 1.53 bits per heavy atom. The van der Waals surface area contributed by atoms with Gasteiger partial charge in [-0.2, -0.15) is 0 Å². The minimum Gasteiger partial charge on any atom is -0.392 e. The van der Waals surface area contributed by atoms with Gasteiger partial charge in [0.05, 0.1) is 11.1 Å². The van der Waals surface area contributed by atoms with Crippen LogP contribution in [0.3, 0.4) is 0 Å². The molecule has 0 unspecified atom stereocenters. The van der Waals surface area contributed by atoms with E-state index in [-0.39, 0.29) is 16.5 Å². The number of aliphatic hydroxyl groups excluding tert-OH is 1. The maximum atomic E-state index is 11.9. The van der Waals surface area contributed by atoms with Crippen molar-refractivity contribution in [3.05, 3.63) is 27.2 Å². The van der Waals surface area contributed by atoms with Gasteiger partial charge in [-0.05, 0) is 31.5 Å². The lowest BCUT2D eigenvalue weighted by molar-refractivity contribution is 0.198. The number of rotatable bonds is 4. The molecule has 2 N–H and O–H groups in total. The smallest absolute Gasteiger partial charge is 0.242 e. The summed E-state index contributed by atoms with van der Waals surface area (Å²) in [7, 11) is -3.69. The van der Waals surface area contributed by atoms with E-state index in [1.807, 2.05) is 0 Å². The van der Waals surface area contributed by atoms with Gasteiger partial charge in [-0.1, -0.05) is 27.5 Å². The Bertz CT molecular complexity index is 517. The Hall–Kier alpha value is -0.140. The highest BCUT2D eigenvalue weighted by molar-refractivity contribution is 9.10. The third kappa shape index (κ3) is 3.93. The minimum absolute atomic E-state index is 0.0144. The van der Waals surface area contributed by atoms with Crippen molar-refractivity contribution in [1.82, 2.24) is 4.72 Å². The van der Waals surface area contributed by atoms with Crippen molar-refractivity contribution in [2.45, 2.75) is 24.8 Å². The molecule has 7 heteroatoms. The van der Waals surface area contributed by atoms with E-state index in [0.717, 1.165) is 10.0 Å². The Kier molecular flexibility index (Phi) is 4.97. The van der Waals surface area contributed by atoms with Crippen molar-refractivity contribution in [2.24, 2.45) is 0 Å². The van der Waals surface area contributed by atoms with Crippen molar-refractivity contribution in [3.8, 4) is 0 Å². The van der Waals surface area contributed by atoms with E-state index in [2.05, 4.69) is 20.7 Å². The molecule has 0 radical (unpaired) electrons. The number of hydrogen-bond donors (Lipinski definition) is 2. The molecule has 1 atom stereocenters. The summed E-state index contributed by atoms with van der Waals surface area (Å²) >= 11 is 9.16. The van der Waals surface area contributed by atoms with Crippen molar-refractivity contribution < 1.29 is 13.5 Å². The topological polar surface area (TPSA) is 66.4 Å². The zero-order valence-corrected chi connectivity index (χ0v) is 12.5. The molecule has 0 aliphatic carbocycles. The summed E-state index contributed by atoms with van der Waals surface area (Å²) in [5.74, 6) is 0. The largest absolute Gasteiger partial charge is 0.392 e. The first kappa shape index (κ1) is 14.9. The van der Waals surface area contributed by atoms with Gasteiger partial charge in [0.15, 0.2) is 0 Å². The minimum atomic E-state index is -3.69. The van der Waals surface area contributed by atoms with Crippen LogP contribution in [0.5, 0.6) is 0 Å². The molecule has 0 aromatic heterocycles. The fourth-order valence-corrected chi connectivity index (χ4v) is 3.35. The predicted molar refractivity (Wildman–Crippen MR) is 70.8 cm³/mol. The summed E-state index contributed by atoms with van der Waals surface area (Å²) in [5, 5.41) is 9.20. The summed E-state index contributed by atoms with van der Waals surface area (Å²) in [6, 6.07) is 3.02. The van der Waals surface area contributed by atoms with Crippen LogP contribution >= 0.6 is 27.5 Å². The predicted octanol–water partition coefficient (Wildman–Crippen LogP) is 2.07. The van der Waals surface area contributed by atoms with Crippen molar-refractivity contribution in [1.29, 1.82) is 0 Å². The standard InChI is InChI=1S/C10H13BrClNO3S/c1-6-3-10(9(12)4-8(6)11)17(15,16)13-5-7(2)14/h3-4,7,13-14H,5H2,1-2H3/t7-/m1/s1. The Morgan fingerprint density at radius 3 is 2.65 bits per heavy atom. The number of benzene rings is 1. The van der Waals surface area contributed by atoms with Gasteiger partial charge >= 0.3 is 0 Å². The Labute approximate surface area is 114 Å². The van der Waals surface area contributed by atoms with Crippen LogP contribution in [0.2, 0.25) is 5.02 Å². The van der Waals surface area contributed by atoms with Crippen LogP contribution in [-0.2, 0) is 10.0 Å². The van der Waals surface area contributed by atoms with Crippen LogP contribution < -0.4 is 4.72 Å². The molecule has 0 aliphatic heterocycles. The van der Waals surface area contributed by atoms with Crippen molar-refractivity contribution in [3.63, 3.8) is 0 Å². The molecule has 0 heterocycles. The van der Waals surface area contributed by atoms with Crippen LogP contribution in [0.4, 0.5) is 0 Å². The van der Waals surface area contributed by atoms with E-state index in [1.54, 1.807) is 6.92 Å². The highest BCUT2D eigenvalue weighted by atomic mass is 79.9. The maximum absolute atomic E-state index is 11.9. The Morgan fingerprint density at radius 2 is 2.12 bits per heavy atom. The zero-order chi connectivity index (χ0) is 13.2. The van der Waals surface area contributed by atoms with E-state index in [0.29, 0.717) is 0 Å². The number of aryl methyl sites for hydroxylation is 1. The first-order valence-electron chi connectivity index (χ1n) is 4.87. The molecule has 0 bridgehead atoms. The van der Waals surface area contributed by atoms with Crippen LogP contribution in [0.1, 0.15) is 12.5 Å². The van der Waals surface area contributed by atoms with Gasteiger partial charge in [0.2, 0.25) is 10.0 Å². The first-order valence-corrected chi connectivity index (χ1v) is 7.53. The van der Waals surface area contributed by atoms with Gasteiger partial charge < -0.3 is 5.11 Å². The highest BCUT2D eigenvalue weighted by Gasteiger charge is 2.19. The van der Waals surface area contributed by atoms with Crippen LogP contribution in [-0.4, -0.2) is 26.2 Å². The van der Waals surface area contributed by atoms with E-state index in [4.69, 9.17) is 16.7 Å². The van der Waals surface area contributed by atoms with Gasteiger partial charge in [-0.15, -0.1) is 0 Å². The monoisotopic (exact) mass is 341 g/mol. The normalized spacial score (nSPS) is 13.7. The average Bonchev–Trinajstić information content (AvgIpc) is 2.20. The molecule has 1 aromatic carbocycles. The highest BCUT2D eigenvalue weighted by Crippen LogP contribution is 2.28. The van der Waals surface area contributed by atoms with Crippen molar-refractivity contribution >= 4 is 37.6 Å². The summed E-state index contributed by atoms with van der Waals surface area (Å²) in [6.07, 6.45) is -0.750. The number of nitrogens with one attached hydrogen (secondary N) is 1. The zero-order valence-electron chi connectivity index (χ0n) is 9.37. The van der Waals surface area contributed by atoms with E-state index >= 15 is 0 Å². The number of sulfonamides is 1. The second-order valence-corrected chi connectivity index (χ2v) is 6.73. The lowest BCUT2D eigenvalue weighted by Gasteiger charge is -2.11. The lowest BCUT2D eigenvalue weighted by atomic mass is 10.2. The molecule has 0 fully saturated rings. The van der Waals surface area contributed by atoms with Gasteiger partial charge in [-0.3, -0.25) is 0 Å². The quantitative estimate of drug-likeness (QED) is 0.880. The van der Waals surface area contributed by atoms with E-state index in [9.17, 15) is 8.42 Å². The molecule has 0 amide bonds. The lowest BCUT2D eigenvalue weighted by Crippen LogP contribution is -2.30. The second kappa shape index (κ2) is 5.67. The summed E-state index contributed by atoms with van der Waals surface area (Å²) < 4.78 is 26.8. The van der Waals surface area contributed by atoms with Gasteiger partial charge in [0, 0.05) is 11.0 Å². The maximum Gasteiger partial charge on any atom is 0.242 e. The van der Waals surface area contributed by atoms with Crippen LogP contribution in [0.25, 0.3) is 0 Å². The SMILES string of the molecule is Cc1cc(S(=O)(=O)NC[C@@H](C)O)c(Cl)cc1Br. The summed E-state index contributed by atoms with van der Waals surface area (Å²) in [4.78, 5) is 0.0144. The number of hydrogen-bond acceptors (Lipinski definition) is 3. The Balaban J connectivity index is 3.11. The molecule has 0 saturated carbocycles. The van der Waals surface area contributed by atoms with Gasteiger partial charge in [0.1, 0.15) is 4.90 Å². The molecular formula is C10H13BrClNO3S. The molecular weight excluding hydrogens is 330 g/mol. The number of halogens is 2. The van der Waals surface area contributed by atoms with E-state index in [1.165, 1.54) is 19.1 Å². The van der Waals surface area contributed by atoms with Gasteiger partial charge in [0.25, 0.3) is 0 Å². The molecule has 0 aliphatic rings. The van der Waals surface area contributed by atoms with Crippen molar-refractivity contribution in [2.75, 3.05) is 6.54 Å². The molecule has 0 saturated heterocycles.